The van der Waals surface area contributed by atoms with Gasteiger partial charge >= 0.3 is 0 Å². The third kappa shape index (κ3) is 2.55. The van der Waals surface area contributed by atoms with E-state index >= 15 is 0 Å². The first kappa shape index (κ1) is 11.9. The highest BCUT2D eigenvalue weighted by Crippen LogP contribution is 2.30. The molecule has 92 valence electrons. The van der Waals surface area contributed by atoms with Gasteiger partial charge in [0.2, 0.25) is 0 Å². The number of carbonyl (C=O) groups excluding carboxylic acids is 1. The Morgan fingerprint density at radius 2 is 2.12 bits per heavy atom. The van der Waals surface area contributed by atoms with Gasteiger partial charge < -0.3 is 14.7 Å². The normalized spacial score (nSPS) is 28.2. The smallest absolute Gasteiger partial charge is 0.251 e. The summed E-state index contributed by atoms with van der Waals surface area (Å²) in [6.07, 6.45) is 5.29. The average Bonchev–Trinajstić information content (AvgIpc) is 2.87. The summed E-state index contributed by atoms with van der Waals surface area (Å²) in [7, 11) is 1.76. The maximum absolute atomic E-state index is 12.0. The van der Waals surface area contributed by atoms with Crippen molar-refractivity contribution in [2.24, 2.45) is 0 Å². The summed E-state index contributed by atoms with van der Waals surface area (Å²) in [5.74, 6) is 0.0258. The van der Waals surface area contributed by atoms with Gasteiger partial charge in [0.15, 0.2) is 0 Å². The second kappa shape index (κ2) is 4.72. The molecular formula is C12H21NO3. The lowest BCUT2D eigenvalue weighted by atomic mass is 10.0. The summed E-state index contributed by atoms with van der Waals surface area (Å²) >= 11 is 0. The van der Waals surface area contributed by atoms with Gasteiger partial charge in [-0.3, -0.25) is 4.79 Å². The standard InChI is InChI=1S/C12H21NO3/c1-13(9-12(15)6-2-3-7-12)11(14)10-5-4-8-16-10/h10,15H,2-9H2,1H3/t10-/m1/s1. The van der Waals surface area contributed by atoms with Crippen molar-refractivity contribution in [3.05, 3.63) is 0 Å². The van der Waals surface area contributed by atoms with Crippen LogP contribution in [0.1, 0.15) is 38.5 Å². The number of ether oxygens (including phenoxy) is 1. The molecule has 1 aliphatic carbocycles. The number of hydrogen-bond acceptors (Lipinski definition) is 3. The number of hydrogen-bond donors (Lipinski definition) is 1. The number of nitrogens with zero attached hydrogens (tertiary/aromatic N) is 1. The summed E-state index contributed by atoms with van der Waals surface area (Å²) in [6.45, 7) is 1.14. The Kier molecular flexibility index (Phi) is 3.50. The van der Waals surface area contributed by atoms with E-state index in [2.05, 4.69) is 0 Å². The van der Waals surface area contributed by atoms with Crippen molar-refractivity contribution in [2.75, 3.05) is 20.2 Å². The van der Waals surface area contributed by atoms with Crippen LogP contribution >= 0.6 is 0 Å². The highest BCUT2D eigenvalue weighted by atomic mass is 16.5. The van der Waals surface area contributed by atoms with Crippen LogP contribution in [0.5, 0.6) is 0 Å². The number of aliphatic hydroxyl groups is 1. The monoisotopic (exact) mass is 227 g/mol. The predicted molar refractivity (Wildman–Crippen MR) is 60.0 cm³/mol. The Morgan fingerprint density at radius 1 is 1.44 bits per heavy atom. The molecule has 1 saturated heterocycles. The maximum Gasteiger partial charge on any atom is 0.251 e. The summed E-state index contributed by atoms with van der Waals surface area (Å²) in [5, 5.41) is 10.2. The molecule has 4 nitrogen and oxygen atoms in total. The Balaban J connectivity index is 1.86. The molecule has 0 unspecified atom stereocenters. The molecule has 0 aromatic heterocycles. The van der Waals surface area contributed by atoms with Crippen LogP contribution in [-0.2, 0) is 9.53 Å². The minimum absolute atomic E-state index is 0.0258. The molecular weight excluding hydrogens is 206 g/mol. The first-order valence-corrected chi connectivity index (χ1v) is 6.20. The highest BCUT2D eigenvalue weighted by Gasteiger charge is 2.35. The van der Waals surface area contributed by atoms with E-state index in [0.29, 0.717) is 13.2 Å². The SMILES string of the molecule is CN(CC1(O)CCCC1)C(=O)[C@H]1CCCO1. The second-order valence-corrected chi connectivity index (χ2v) is 5.13. The van der Waals surface area contributed by atoms with Crippen LogP contribution in [0.3, 0.4) is 0 Å². The fraction of sp³-hybridized carbons (Fsp3) is 0.917. The topological polar surface area (TPSA) is 49.8 Å². The molecule has 0 bridgehead atoms. The molecule has 1 heterocycles. The minimum Gasteiger partial charge on any atom is -0.388 e. The summed E-state index contributed by atoms with van der Waals surface area (Å²) in [4.78, 5) is 13.6. The molecule has 0 spiro atoms. The van der Waals surface area contributed by atoms with E-state index < -0.39 is 5.60 Å². The lowest BCUT2D eigenvalue weighted by molar-refractivity contribution is -0.142. The number of amides is 1. The van der Waals surface area contributed by atoms with E-state index in [-0.39, 0.29) is 12.0 Å². The third-order valence-corrected chi connectivity index (χ3v) is 3.65. The molecule has 1 N–H and O–H groups in total. The van der Waals surface area contributed by atoms with Crippen molar-refractivity contribution in [3.8, 4) is 0 Å². The van der Waals surface area contributed by atoms with Crippen molar-refractivity contribution in [1.82, 2.24) is 4.90 Å². The third-order valence-electron chi connectivity index (χ3n) is 3.65. The highest BCUT2D eigenvalue weighted by molar-refractivity contribution is 5.81. The van der Waals surface area contributed by atoms with Crippen LogP contribution in [0.15, 0.2) is 0 Å². The molecule has 16 heavy (non-hydrogen) atoms. The van der Waals surface area contributed by atoms with Crippen molar-refractivity contribution >= 4 is 5.91 Å². The lowest BCUT2D eigenvalue weighted by Gasteiger charge is -2.29. The van der Waals surface area contributed by atoms with Crippen LogP contribution in [0.25, 0.3) is 0 Å². The summed E-state index contributed by atoms with van der Waals surface area (Å²) in [6, 6.07) is 0. The number of rotatable bonds is 3. The van der Waals surface area contributed by atoms with Crippen molar-refractivity contribution in [1.29, 1.82) is 0 Å². The summed E-state index contributed by atoms with van der Waals surface area (Å²) < 4.78 is 5.36. The fourth-order valence-corrected chi connectivity index (χ4v) is 2.73. The molecule has 2 aliphatic rings. The van der Waals surface area contributed by atoms with Gasteiger partial charge in [0.25, 0.3) is 5.91 Å². The molecule has 0 radical (unpaired) electrons. The first-order valence-electron chi connectivity index (χ1n) is 6.20. The quantitative estimate of drug-likeness (QED) is 0.780. The lowest BCUT2D eigenvalue weighted by Crippen LogP contribution is -2.45. The van der Waals surface area contributed by atoms with E-state index in [0.717, 1.165) is 38.5 Å². The molecule has 2 fully saturated rings. The Hall–Kier alpha value is -0.610. The van der Waals surface area contributed by atoms with E-state index in [4.69, 9.17) is 4.74 Å². The molecule has 0 aromatic rings. The maximum atomic E-state index is 12.0. The Bertz CT molecular complexity index is 255. The van der Waals surface area contributed by atoms with Crippen LogP contribution in [0, 0.1) is 0 Å². The van der Waals surface area contributed by atoms with Crippen molar-refractivity contribution in [2.45, 2.75) is 50.2 Å². The molecule has 1 atom stereocenters. The first-order chi connectivity index (χ1) is 7.61. The van der Waals surface area contributed by atoms with Gasteiger partial charge in [0, 0.05) is 20.2 Å². The zero-order valence-corrected chi connectivity index (χ0v) is 9.95. The van der Waals surface area contributed by atoms with Gasteiger partial charge in [-0.25, -0.2) is 0 Å². The van der Waals surface area contributed by atoms with Crippen molar-refractivity contribution < 1.29 is 14.6 Å². The van der Waals surface area contributed by atoms with Gasteiger partial charge in [0.05, 0.1) is 5.60 Å². The van der Waals surface area contributed by atoms with Gasteiger partial charge in [-0.1, -0.05) is 12.8 Å². The molecule has 2 rings (SSSR count). The summed E-state index contributed by atoms with van der Waals surface area (Å²) in [5.41, 5.74) is -0.650. The average molecular weight is 227 g/mol. The fourth-order valence-electron chi connectivity index (χ4n) is 2.73. The van der Waals surface area contributed by atoms with Crippen LogP contribution in [0.2, 0.25) is 0 Å². The van der Waals surface area contributed by atoms with Crippen LogP contribution in [-0.4, -0.2) is 47.8 Å². The zero-order valence-electron chi connectivity index (χ0n) is 9.95. The van der Waals surface area contributed by atoms with Crippen LogP contribution in [0.4, 0.5) is 0 Å². The molecule has 1 saturated carbocycles. The van der Waals surface area contributed by atoms with E-state index in [1.165, 1.54) is 0 Å². The Labute approximate surface area is 96.6 Å². The van der Waals surface area contributed by atoms with Gasteiger partial charge in [0.1, 0.15) is 6.10 Å². The molecule has 1 aliphatic heterocycles. The number of likely N-dealkylation sites (N-methyl/N-ethyl adjacent to an activating group) is 1. The van der Waals surface area contributed by atoms with Crippen molar-refractivity contribution in [3.63, 3.8) is 0 Å². The molecule has 4 heteroatoms. The molecule has 1 amide bonds. The van der Waals surface area contributed by atoms with Gasteiger partial charge in [-0.2, -0.15) is 0 Å². The minimum atomic E-state index is -0.650. The molecule has 0 aromatic carbocycles. The van der Waals surface area contributed by atoms with E-state index in [1.807, 2.05) is 0 Å². The Morgan fingerprint density at radius 3 is 2.69 bits per heavy atom. The number of carbonyl (C=O) groups is 1. The van der Waals surface area contributed by atoms with E-state index in [9.17, 15) is 9.90 Å². The predicted octanol–water partition coefficient (Wildman–Crippen LogP) is 0.929. The second-order valence-electron chi connectivity index (χ2n) is 5.13. The zero-order chi connectivity index (χ0) is 11.6. The van der Waals surface area contributed by atoms with E-state index in [1.54, 1.807) is 11.9 Å². The van der Waals surface area contributed by atoms with Gasteiger partial charge in [-0.15, -0.1) is 0 Å². The van der Waals surface area contributed by atoms with Crippen LogP contribution < -0.4 is 0 Å². The van der Waals surface area contributed by atoms with Gasteiger partial charge in [-0.05, 0) is 25.7 Å². The largest absolute Gasteiger partial charge is 0.388 e.